The van der Waals surface area contributed by atoms with Gasteiger partial charge in [-0.2, -0.15) is 13.2 Å². The molecule has 2 aromatic rings. The van der Waals surface area contributed by atoms with Crippen LogP contribution in [0.2, 0.25) is 5.02 Å². The van der Waals surface area contributed by atoms with Crippen molar-refractivity contribution in [1.82, 2.24) is 0 Å². The standard InChI is InChI=1S/C14H10ClF3O2/c15-11-3-1-2-4-12(11)20-13-7-9(8-19)5-6-10(13)14(16,17)18/h1-7,19H,8H2. The molecule has 106 valence electrons. The third-order valence-corrected chi connectivity index (χ3v) is 2.90. The van der Waals surface area contributed by atoms with Crippen LogP contribution in [0.3, 0.4) is 0 Å². The zero-order valence-electron chi connectivity index (χ0n) is 10.1. The second-order valence-electron chi connectivity index (χ2n) is 4.02. The van der Waals surface area contributed by atoms with E-state index in [4.69, 9.17) is 21.4 Å². The highest BCUT2D eigenvalue weighted by atomic mass is 35.5. The summed E-state index contributed by atoms with van der Waals surface area (Å²) < 4.78 is 44.0. The Hall–Kier alpha value is -1.72. The lowest BCUT2D eigenvalue weighted by molar-refractivity contribution is -0.138. The highest BCUT2D eigenvalue weighted by molar-refractivity contribution is 6.32. The first-order valence-electron chi connectivity index (χ1n) is 5.65. The SMILES string of the molecule is OCc1ccc(C(F)(F)F)c(Oc2ccccc2Cl)c1. The smallest absolute Gasteiger partial charge is 0.419 e. The molecule has 2 nitrogen and oxygen atoms in total. The van der Waals surface area contributed by atoms with E-state index in [1.165, 1.54) is 18.2 Å². The van der Waals surface area contributed by atoms with E-state index >= 15 is 0 Å². The van der Waals surface area contributed by atoms with Gasteiger partial charge in [-0.3, -0.25) is 0 Å². The lowest BCUT2D eigenvalue weighted by atomic mass is 10.1. The van der Waals surface area contributed by atoms with Crippen LogP contribution in [0.1, 0.15) is 11.1 Å². The third kappa shape index (κ3) is 3.23. The summed E-state index contributed by atoms with van der Waals surface area (Å²) in [5.74, 6) is -0.271. The number of aliphatic hydroxyl groups excluding tert-OH is 1. The first kappa shape index (κ1) is 14.7. The van der Waals surface area contributed by atoms with Crippen LogP contribution in [0, 0.1) is 0 Å². The maximum Gasteiger partial charge on any atom is 0.419 e. The number of ether oxygens (including phenoxy) is 1. The van der Waals surface area contributed by atoms with E-state index < -0.39 is 17.5 Å². The fourth-order valence-corrected chi connectivity index (χ4v) is 1.80. The first-order chi connectivity index (χ1) is 9.41. The van der Waals surface area contributed by atoms with Gasteiger partial charge in [-0.05, 0) is 29.8 Å². The van der Waals surface area contributed by atoms with Crippen molar-refractivity contribution in [3.8, 4) is 11.5 Å². The predicted octanol–water partition coefficient (Wildman–Crippen LogP) is 4.64. The van der Waals surface area contributed by atoms with E-state index in [1.54, 1.807) is 12.1 Å². The molecule has 0 fully saturated rings. The molecule has 2 aromatic carbocycles. The van der Waals surface area contributed by atoms with Gasteiger partial charge in [0.25, 0.3) is 0 Å². The summed E-state index contributed by atoms with van der Waals surface area (Å²) in [6.07, 6.45) is -4.55. The van der Waals surface area contributed by atoms with Gasteiger partial charge in [-0.1, -0.05) is 29.8 Å². The monoisotopic (exact) mass is 302 g/mol. The number of rotatable bonds is 3. The summed E-state index contributed by atoms with van der Waals surface area (Å²) in [5.41, 5.74) is -0.602. The Labute approximate surface area is 118 Å². The number of aliphatic hydroxyl groups is 1. The van der Waals surface area contributed by atoms with E-state index in [1.807, 2.05) is 0 Å². The molecule has 0 heterocycles. The summed E-state index contributed by atoms with van der Waals surface area (Å²) >= 11 is 5.86. The van der Waals surface area contributed by atoms with Gasteiger partial charge in [0, 0.05) is 0 Å². The van der Waals surface area contributed by atoms with E-state index in [9.17, 15) is 13.2 Å². The van der Waals surface area contributed by atoms with E-state index in [-0.39, 0.29) is 17.4 Å². The van der Waals surface area contributed by atoms with Crippen LogP contribution < -0.4 is 4.74 Å². The molecule has 6 heteroatoms. The Bertz CT molecular complexity index is 612. The van der Waals surface area contributed by atoms with E-state index in [0.717, 1.165) is 12.1 Å². The molecule has 0 aliphatic rings. The van der Waals surface area contributed by atoms with E-state index in [0.29, 0.717) is 5.56 Å². The second kappa shape index (κ2) is 5.73. The molecule has 1 N–H and O–H groups in total. The van der Waals surface area contributed by atoms with E-state index in [2.05, 4.69) is 0 Å². The fraction of sp³-hybridized carbons (Fsp3) is 0.143. The molecule has 2 rings (SSSR count). The largest absolute Gasteiger partial charge is 0.455 e. The quantitative estimate of drug-likeness (QED) is 0.894. The zero-order valence-corrected chi connectivity index (χ0v) is 10.9. The molecule has 0 amide bonds. The lowest BCUT2D eigenvalue weighted by Crippen LogP contribution is -2.07. The molecule has 0 bridgehead atoms. The number of benzene rings is 2. The van der Waals surface area contributed by atoms with Crippen LogP contribution in [0.25, 0.3) is 0 Å². The number of hydrogen-bond acceptors (Lipinski definition) is 2. The third-order valence-electron chi connectivity index (χ3n) is 2.59. The number of hydrogen-bond donors (Lipinski definition) is 1. The topological polar surface area (TPSA) is 29.5 Å². The van der Waals surface area contributed by atoms with Crippen LogP contribution in [-0.4, -0.2) is 5.11 Å². The fourth-order valence-electron chi connectivity index (χ4n) is 1.63. The minimum atomic E-state index is -4.55. The van der Waals surface area contributed by atoms with Crippen molar-refractivity contribution < 1.29 is 23.0 Å². The second-order valence-corrected chi connectivity index (χ2v) is 4.43. The molecular weight excluding hydrogens is 293 g/mol. The molecule has 0 saturated carbocycles. The van der Waals surface area contributed by atoms with Gasteiger partial charge in [0.15, 0.2) is 0 Å². The van der Waals surface area contributed by atoms with Crippen molar-refractivity contribution in [2.75, 3.05) is 0 Å². The molecule has 0 atom stereocenters. The molecule has 20 heavy (non-hydrogen) atoms. The van der Waals surface area contributed by atoms with Gasteiger partial charge in [0.1, 0.15) is 11.5 Å². The predicted molar refractivity (Wildman–Crippen MR) is 68.9 cm³/mol. The van der Waals surface area contributed by atoms with Gasteiger partial charge in [0.05, 0.1) is 17.2 Å². The maximum absolute atomic E-state index is 12.9. The van der Waals surface area contributed by atoms with Crippen molar-refractivity contribution in [2.45, 2.75) is 12.8 Å². The van der Waals surface area contributed by atoms with Crippen molar-refractivity contribution in [3.05, 3.63) is 58.6 Å². The first-order valence-corrected chi connectivity index (χ1v) is 6.03. The van der Waals surface area contributed by atoms with Gasteiger partial charge >= 0.3 is 6.18 Å². The van der Waals surface area contributed by atoms with Gasteiger partial charge in [-0.25, -0.2) is 0 Å². The van der Waals surface area contributed by atoms with Gasteiger partial charge in [-0.15, -0.1) is 0 Å². The number of halogens is 4. The average Bonchev–Trinajstić information content (AvgIpc) is 2.40. The van der Waals surface area contributed by atoms with Crippen LogP contribution in [-0.2, 0) is 12.8 Å². The Balaban J connectivity index is 2.46. The lowest BCUT2D eigenvalue weighted by Gasteiger charge is -2.15. The van der Waals surface area contributed by atoms with Crippen molar-refractivity contribution in [3.63, 3.8) is 0 Å². The molecule has 0 saturated heterocycles. The molecule has 0 unspecified atom stereocenters. The Morgan fingerprint density at radius 1 is 1.05 bits per heavy atom. The van der Waals surface area contributed by atoms with Crippen LogP contribution in [0.4, 0.5) is 13.2 Å². The molecule has 0 aromatic heterocycles. The molecule has 0 aliphatic heterocycles. The Morgan fingerprint density at radius 2 is 1.75 bits per heavy atom. The highest BCUT2D eigenvalue weighted by Gasteiger charge is 2.34. The Kier molecular flexibility index (Phi) is 4.20. The van der Waals surface area contributed by atoms with Crippen LogP contribution in [0.15, 0.2) is 42.5 Å². The summed E-state index contributed by atoms with van der Waals surface area (Å²) in [7, 11) is 0. The summed E-state index contributed by atoms with van der Waals surface area (Å²) in [4.78, 5) is 0. The molecular formula is C14H10ClF3O2. The van der Waals surface area contributed by atoms with Crippen molar-refractivity contribution in [2.24, 2.45) is 0 Å². The van der Waals surface area contributed by atoms with Crippen LogP contribution >= 0.6 is 11.6 Å². The summed E-state index contributed by atoms with van der Waals surface area (Å²) in [6.45, 7) is -0.378. The van der Waals surface area contributed by atoms with Crippen molar-refractivity contribution >= 4 is 11.6 Å². The molecule has 0 radical (unpaired) electrons. The highest BCUT2D eigenvalue weighted by Crippen LogP contribution is 2.40. The summed E-state index contributed by atoms with van der Waals surface area (Å²) in [6, 6.07) is 9.44. The minimum absolute atomic E-state index is 0.120. The summed E-state index contributed by atoms with van der Waals surface area (Å²) in [5, 5.41) is 9.22. The van der Waals surface area contributed by atoms with Gasteiger partial charge < -0.3 is 9.84 Å². The normalized spacial score (nSPS) is 11.4. The molecule has 0 aliphatic carbocycles. The zero-order chi connectivity index (χ0) is 14.8. The Morgan fingerprint density at radius 3 is 2.35 bits per heavy atom. The number of para-hydroxylation sites is 1. The molecule has 0 spiro atoms. The minimum Gasteiger partial charge on any atom is -0.455 e. The van der Waals surface area contributed by atoms with Crippen LogP contribution in [0.5, 0.6) is 11.5 Å². The van der Waals surface area contributed by atoms with Crippen molar-refractivity contribution in [1.29, 1.82) is 0 Å². The maximum atomic E-state index is 12.9. The number of alkyl halides is 3. The average molecular weight is 303 g/mol. The van der Waals surface area contributed by atoms with Gasteiger partial charge in [0.2, 0.25) is 0 Å².